The zero-order valence-electron chi connectivity index (χ0n) is 10.2. The Labute approximate surface area is 109 Å². The molecule has 2 aromatic rings. The highest BCUT2D eigenvalue weighted by molar-refractivity contribution is 5.58. The molecule has 0 spiro atoms. The van der Waals surface area contributed by atoms with Gasteiger partial charge < -0.3 is 19.5 Å². The van der Waals surface area contributed by atoms with E-state index in [1.165, 1.54) is 12.1 Å². The Morgan fingerprint density at radius 3 is 2.89 bits per heavy atom. The van der Waals surface area contributed by atoms with E-state index in [-0.39, 0.29) is 11.5 Å². The van der Waals surface area contributed by atoms with Crippen molar-refractivity contribution in [3.63, 3.8) is 0 Å². The van der Waals surface area contributed by atoms with Crippen molar-refractivity contribution in [3.05, 3.63) is 24.0 Å². The summed E-state index contributed by atoms with van der Waals surface area (Å²) in [6.07, 6.45) is 1.75. The number of benzene rings is 1. The highest BCUT2D eigenvalue weighted by Crippen LogP contribution is 2.29. The lowest BCUT2D eigenvalue weighted by atomic mass is 10.1. The van der Waals surface area contributed by atoms with Gasteiger partial charge in [-0.2, -0.15) is 4.98 Å². The van der Waals surface area contributed by atoms with Crippen LogP contribution in [0.4, 0.5) is 0 Å². The highest BCUT2D eigenvalue weighted by Gasteiger charge is 2.19. The molecule has 19 heavy (non-hydrogen) atoms. The summed E-state index contributed by atoms with van der Waals surface area (Å²) in [5.74, 6) is 1.04. The minimum atomic E-state index is -0.207. The fourth-order valence-corrected chi connectivity index (χ4v) is 2.11. The van der Waals surface area contributed by atoms with Crippen molar-refractivity contribution < 1.29 is 19.5 Å². The number of hydrogen-bond donors (Lipinski definition) is 2. The lowest BCUT2D eigenvalue weighted by Gasteiger charge is -2.01. The van der Waals surface area contributed by atoms with E-state index < -0.39 is 0 Å². The highest BCUT2D eigenvalue weighted by atomic mass is 16.5. The van der Waals surface area contributed by atoms with E-state index in [9.17, 15) is 10.2 Å². The zero-order valence-corrected chi connectivity index (χ0v) is 10.2. The lowest BCUT2D eigenvalue weighted by Crippen LogP contribution is -2.04. The maximum atomic E-state index is 9.44. The van der Waals surface area contributed by atoms with E-state index in [2.05, 4.69) is 10.1 Å². The predicted octanol–water partition coefficient (Wildman–Crippen LogP) is 1.73. The second kappa shape index (κ2) is 4.89. The van der Waals surface area contributed by atoms with Crippen molar-refractivity contribution in [2.75, 3.05) is 13.2 Å². The Kier molecular flexibility index (Phi) is 3.08. The molecule has 2 N–H and O–H groups in total. The second-order valence-corrected chi connectivity index (χ2v) is 4.65. The molecule has 1 aromatic heterocycles. The average molecular weight is 262 g/mol. The summed E-state index contributed by atoms with van der Waals surface area (Å²) in [7, 11) is 0. The van der Waals surface area contributed by atoms with E-state index in [0.29, 0.717) is 23.2 Å². The number of aromatic nitrogens is 2. The number of nitrogens with zero attached hydrogens (tertiary/aromatic N) is 2. The van der Waals surface area contributed by atoms with Crippen molar-refractivity contribution in [1.29, 1.82) is 0 Å². The second-order valence-electron chi connectivity index (χ2n) is 4.65. The molecule has 1 aliphatic heterocycles. The van der Waals surface area contributed by atoms with Crippen LogP contribution in [0.1, 0.15) is 12.2 Å². The summed E-state index contributed by atoms with van der Waals surface area (Å²) in [6.45, 7) is 1.53. The topological polar surface area (TPSA) is 88.6 Å². The predicted molar refractivity (Wildman–Crippen MR) is 65.7 cm³/mol. The molecule has 0 radical (unpaired) electrons. The molecule has 1 atom stereocenters. The summed E-state index contributed by atoms with van der Waals surface area (Å²) >= 11 is 0. The standard InChI is InChI=1S/C13H14N2O4/c16-10-2-1-9(6-11(10)17)13-14-12(15-19-13)5-8-3-4-18-7-8/h1-2,6,8,16-17H,3-5,7H2. The van der Waals surface area contributed by atoms with Gasteiger partial charge >= 0.3 is 0 Å². The van der Waals surface area contributed by atoms with Gasteiger partial charge in [0.2, 0.25) is 0 Å². The minimum absolute atomic E-state index is 0.174. The van der Waals surface area contributed by atoms with Crippen LogP contribution in [0, 0.1) is 5.92 Å². The fraction of sp³-hybridized carbons (Fsp3) is 0.385. The molecule has 6 nitrogen and oxygen atoms in total. The van der Waals surface area contributed by atoms with Gasteiger partial charge in [0.05, 0.1) is 0 Å². The summed E-state index contributed by atoms with van der Waals surface area (Å²) < 4.78 is 10.5. The average Bonchev–Trinajstić information content (AvgIpc) is 3.05. The normalized spacial score (nSPS) is 18.8. The summed E-state index contributed by atoms with van der Waals surface area (Å²) in [6, 6.07) is 4.40. The number of ether oxygens (including phenoxy) is 1. The molecular weight excluding hydrogens is 248 g/mol. The molecule has 6 heteroatoms. The molecule has 100 valence electrons. The molecule has 1 aliphatic rings. The van der Waals surface area contributed by atoms with Crippen molar-refractivity contribution in [2.24, 2.45) is 5.92 Å². The Morgan fingerprint density at radius 2 is 2.16 bits per heavy atom. The number of hydrogen-bond acceptors (Lipinski definition) is 6. The van der Waals surface area contributed by atoms with Crippen LogP contribution in [0.25, 0.3) is 11.5 Å². The first-order valence-corrected chi connectivity index (χ1v) is 6.15. The van der Waals surface area contributed by atoms with Gasteiger partial charge in [0.15, 0.2) is 17.3 Å². The fourth-order valence-electron chi connectivity index (χ4n) is 2.11. The Balaban J connectivity index is 1.78. The first-order valence-electron chi connectivity index (χ1n) is 6.15. The maximum Gasteiger partial charge on any atom is 0.258 e. The van der Waals surface area contributed by atoms with Crippen molar-refractivity contribution in [3.8, 4) is 23.0 Å². The van der Waals surface area contributed by atoms with Gasteiger partial charge in [0.1, 0.15) is 0 Å². The van der Waals surface area contributed by atoms with E-state index in [1.54, 1.807) is 6.07 Å². The van der Waals surface area contributed by atoms with Crippen molar-refractivity contribution >= 4 is 0 Å². The van der Waals surface area contributed by atoms with Crippen LogP contribution >= 0.6 is 0 Å². The van der Waals surface area contributed by atoms with E-state index in [0.717, 1.165) is 26.1 Å². The number of aromatic hydroxyl groups is 2. The SMILES string of the molecule is Oc1ccc(-c2nc(CC3CCOC3)no2)cc1O. The monoisotopic (exact) mass is 262 g/mol. The van der Waals surface area contributed by atoms with Gasteiger partial charge in [0.25, 0.3) is 5.89 Å². The number of rotatable bonds is 3. The van der Waals surface area contributed by atoms with Gasteiger partial charge in [-0.15, -0.1) is 0 Å². The largest absolute Gasteiger partial charge is 0.504 e. The number of phenolic OH excluding ortho intramolecular Hbond substituents is 2. The summed E-state index contributed by atoms with van der Waals surface area (Å²) in [5.41, 5.74) is 0.580. The van der Waals surface area contributed by atoms with Crippen LogP contribution in [-0.4, -0.2) is 33.6 Å². The first kappa shape index (κ1) is 12.0. The van der Waals surface area contributed by atoms with Crippen LogP contribution in [0.15, 0.2) is 22.7 Å². The first-order chi connectivity index (χ1) is 9.22. The van der Waals surface area contributed by atoms with E-state index in [1.807, 2.05) is 0 Å². The van der Waals surface area contributed by atoms with Crippen LogP contribution in [0.2, 0.25) is 0 Å². The Hall–Kier alpha value is -2.08. The number of phenols is 2. The van der Waals surface area contributed by atoms with Crippen molar-refractivity contribution in [1.82, 2.24) is 10.1 Å². The minimum Gasteiger partial charge on any atom is -0.504 e. The van der Waals surface area contributed by atoms with Crippen LogP contribution < -0.4 is 0 Å². The van der Waals surface area contributed by atoms with Gasteiger partial charge in [-0.05, 0) is 30.5 Å². The third-order valence-corrected chi connectivity index (χ3v) is 3.19. The lowest BCUT2D eigenvalue weighted by molar-refractivity contribution is 0.185. The third-order valence-electron chi connectivity index (χ3n) is 3.19. The van der Waals surface area contributed by atoms with Gasteiger partial charge in [0, 0.05) is 25.2 Å². The molecule has 1 unspecified atom stereocenters. The van der Waals surface area contributed by atoms with Gasteiger partial charge in [-0.1, -0.05) is 5.16 Å². The molecule has 3 rings (SSSR count). The van der Waals surface area contributed by atoms with Gasteiger partial charge in [-0.25, -0.2) is 0 Å². The van der Waals surface area contributed by atoms with Crippen molar-refractivity contribution in [2.45, 2.75) is 12.8 Å². The zero-order chi connectivity index (χ0) is 13.2. The molecule has 1 saturated heterocycles. The van der Waals surface area contributed by atoms with Crippen LogP contribution in [-0.2, 0) is 11.2 Å². The molecule has 2 heterocycles. The molecule has 1 fully saturated rings. The smallest absolute Gasteiger partial charge is 0.258 e. The maximum absolute atomic E-state index is 9.44. The molecule has 0 bridgehead atoms. The van der Waals surface area contributed by atoms with Crippen LogP contribution in [0.5, 0.6) is 11.5 Å². The van der Waals surface area contributed by atoms with Crippen LogP contribution in [0.3, 0.4) is 0 Å². The quantitative estimate of drug-likeness (QED) is 0.819. The summed E-state index contributed by atoms with van der Waals surface area (Å²) in [4.78, 5) is 4.29. The van der Waals surface area contributed by atoms with E-state index >= 15 is 0 Å². The molecule has 0 aliphatic carbocycles. The molecule has 0 saturated carbocycles. The van der Waals surface area contributed by atoms with E-state index in [4.69, 9.17) is 9.26 Å². The third kappa shape index (κ3) is 2.53. The Morgan fingerprint density at radius 1 is 1.26 bits per heavy atom. The molecule has 1 aromatic carbocycles. The van der Waals surface area contributed by atoms with Gasteiger partial charge in [-0.3, -0.25) is 0 Å². The molecular formula is C13H14N2O4. The summed E-state index contributed by atoms with van der Waals surface area (Å²) in [5, 5.41) is 22.6. The molecule has 0 amide bonds. The Bertz CT molecular complexity index is 576.